The summed E-state index contributed by atoms with van der Waals surface area (Å²) >= 11 is 0. The van der Waals surface area contributed by atoms with Crippen LogP contribution in [0.1, 0.15) is 32.3 Å². The lowest BCUT2D eigenvalue weighted by atomic mass is 10.0. The second-order valence-electron chi connectivity index (χ2n) is 5.09. The molecule has 5 nitrogen and oxygen atoms in total. The third-order valence-electron chi connectivity index (χ3n) is 3.59. The summed E-state index contributed by atoms with van der Waals surface area (Å²) in [7, 11) is 0. The fraction of sp³-hybridized carbons (Fsp3) is 0.467. The van der Waals surface area contributed by atoms with Gasteiger partial charge in [-0.15, -0.1) is 0 Å². The van der Waals surface area contributed by atoms with E-state index in [4.69, 9.17) is 9.84 Å². The largest absolute Gasteiger partial charge is 0.494 e. The third-order valence-corrected chi connectivity index (χ3v) is 3.59. The molecule has 0 heterocycles. The predicted octanol–water partition coefficient (Wildman–Crippen LogP) is 1.91. The third kappa shape index (κ3) is 2.92. The molecule has 0 saturated heterocycles. The van der Waals surface area contributed by atoms with Gasteiger partial charge in [-0.2, -0.15) is 0 Å². The van der Waals surface area contributed by atoms with E-state index < -0.39 is 23.3 Å². The Labute approximate surface area is 117 Å². The molecule has 1 atom stereocenters. The van der Waals surface area contributed by atoms with Gasteiger partial charge in [0, 0.05) is 0 Å². The normalized spacial score (nSPS) is 17.1. The Morgan fingerprint density at radius 3 is 2.40 bits per heavy atom. The lowest BCUT2D eigenvalue weighted by Crippen LogP contribution is -2.40. The maximum absolute atomic E-state index is 11.9. The molecule has 1 saturated carbocycles. The minimum Gasteiger partial charge on any atom is -0.494 e. The summed E-state index contributed by atoms with van der Waals surface area (Å²) in [6.45, 7) is 3.92. The number of aliphatic carboxylic acids is 1. The molecule has 108 valence electrons. The Kier molecular flexibility index (Phi) is 3.97. The quantitative estimate of drug-likeness (QED) is 0.779. The molecule has 1 aliphatic carbocycles. The zero-order valence-electron chi connectivity index (χ0n) is 11.7. The number of benzene rings is 1. The van der Waals surface area contributed by atoms with Gasteiger partial charge in [-0.3, -0.25) is 9.59 Å². The molecule has 1 aromatic carbocycles. The van der Waals surface area contributed by atoms with Crippen LogP contribution >= 0.6 is 0 Å². The van der Waals surface area contributed by atoms with E-state index >= 15 is 0 Å². The number of carbonyl (C=O) groups excluding carboxylic acids is 1. The Morgan fingerprint density at radius 2 is 1.95 bits per heavy atom. The maximum atomic E-state index is 11.9. The summed E-state index contributed by atoms with van der Waals surface area (Å²) in [5, 5.41) is 11.7. The van der Waals surface area contributed by atoms with Crippen molar-refractivity contribution >= 4 is 11.9 Å². The van der Waals surface area contributed by atoms with E-state index in [1.165, 1.54) is 6.92 Å². The van der Waals surface area contributed by atoms with Crippen LogP contribution in [0.25, 0.3) is 0 Å². The highest BCUT2D eigenvalue weighted by Crippen LogP contribution is 2.46. The molecular weight excluding hydrogens is 258 g/mol. The van der Waals surface area contributed by atoms with Crippen molar-refractivity contribution in [2.45, 2.75) is 32.2 Å². The number of hydrogen-bond acceptors (Lipinski definition) is 3. The summed E-state index contributed by atoms with van der Waals surface area (Å²) in [5.74, 6) is -1.79. The summed E-state index contributed by atoms with van der Waals surface area (Å²) in [6, 6.07) is 7.57. The molecule has 0 aliphatic heterocycles. The number of amides is 1. The van der Waals surface area contributed by atoms with Crippen molar-refractivity contribution in [1.82, 2.24) is 5.32 Å². The van der Waals surface area contributed by atoms with Crippen molar-refractivity contribution in [3.63, 3.8) is 0 Å². The van der Waals surface area contributed by atoms with Gasteiger partial charge in [-0.25, -0.2) is 0 Å². The van der Waals surface area contributed by atoms with Gasteiger partial charge in [0.1, 0.15) is 11.7 Å². The van der Waals surface area contributed by atoms with Crippen LogP contribution in [0, 0.1) is 5.92 Å². The van der Waals surface area contributed by atoms with Gasteiger partial charge in [0.15, 0.2) is 0 Å². The van der Waals surface area contributed by atoms with Crippen LogP contribution in [0.2, 0.25) is 0 Å². The number of hydrogen-bond donors (Lipinski definition) is 2. The molecule has 0 radical (unpaired) electrons. The summed E-state index contributed by atoms with van der Waals surface area (Å²) in [4.78, 5) is 22.7. The first-order valence-corrected chi connectivity index (χ1v) is 6.76. The van der Waals surface area contributed by atoms with Crippen molar-refractivity contribution in [3.05, 3.63) is 29.8 Å². The molecule has 2 N–H and O–H groups in total. The molecule has 1 aliphatic rings. The number of carbonyl (C=O) groups is 2. The Morgan fingerprint density at radius 1 is 1.35 bits per heavy atom. The van der Waals surface area contributed by atoms with Gasteiger partial charge >= 0.3 is 5.97 Å². The fourth-order valence-electron chi connectivity index (χ4n) is 2.10. The Bertz CT molecular complexity index is 505. The van der Waals surface area contributed by atoms with Crippen molar-refractivity contribution in [1.29, 1.82) is 0 Å². The highest BCUT2D eigenvalue weighted by molar-refractivity contribution is 5.97. The van der Waals surface area contributed by atoms with Gasteiger partial charge in [0.2, 0.25) is 5.91 Å². The van der Waals surface area contributed by atoms with Crippen LogP contribution in [0.5, 0.6) is 5.75 Å². The number of carboxylic acid groups (broad SMARTS) is 1. The van der Waals surface area contributed by atoms with Crippen LogP contribution in [-0.2, 0) is 15.1 Å². The smallest absolute Gasteiger partial charge is 0.315 e. The van der Waals surface area contributed by atoms with Crippen molar-refractivity contribution in [2.24, 2.45) is 5.92 Å². The summed E-state index contributed by atoms with van der Waals surface area (Å²) < 4.78 is 5.38. The Hall–Kier alpha value is -2.04. The molecule has 0 spiro atoms. The lowest BCUT2D eigenvalue weighted by molar-refractivity contribution is -0.146. The minimum atomic E-state index is -1.11. The van der Waals surface area contributed by atoms with E-state index in [-0.39, 0.29) is 0 Å². The molecule has 0 aromatic heterocycles. The van der Waals surface area contributed by atoms with Gasteiger partial charge in [-0.1, -0.05) is 12.1 Å². The van der Waals surface area contributed by atoms with E-state index in [1.807, 2.05) is 31.2 Å². The second kappa shape index (κ2) is 5.53. The summed E-state index contributed by atoms with van der Waals surface area (Å²) in [6.07, 6.45) is 1.66. The molecule has 1 aromatic rings. The number of ether oxygens (including phenoxy) is 1. The zero-order chi connectivity index (χ0) is 14.8. The van der Waals surface area contributed by atoms with Gasteiger partial charge in [-0.05, 0) is 44.4 Å². The van der Waals surface area contributed by atoms with Crippen LogP contribution in [0.3, 0.4) is 0 Å². The van der Waals surface area contributed by atoms with Crippen LogP contribution < -0.4 is 10.1 Å². The van der Waals surface area contributed by atoms with Crippen molar-refractivity contribution in [3.8, 4) is 5.75 Å². The van der Waals surface area contributed by atoms with E-state index in [9.17, 15) is 9.59 Å². The number of carboxylic acids is 1. The van der Waals surface area contributed by atoms with E-state index in [1.54, 1.807) is 0 Å². The average Bonchev–Trinajstić information content (AvgIpc) is 3.19. The molecular formula is C15H19NO4. The molecule has 1 fully saturated rings. The SMILES string of the molecule is CCOc1ccc(C2(NC(=O)C(C)C(=O)O)CC2)cc1. The number of nitrogens with one attached hydrogen (secondary N) is 1. The molecule has 20 heavy (non-hydrogen) atoms. The van der Waals surface area contributed by atoms with E-state index in [2.05, 4.69) is 5.32 Å². The molecule has 1 unspecified atom stereocenters. The van der Waals surface area contributed by atoms with Crippen LogP contribution in [-0.4, -0.2) is 23.6 Å². The highest BCUT2D eigenvalue weighted by atomic mass is 16.5. The first-order chi connectivity index (χ1) is 9.48. The Balaban J connectivity index is 2.07. The minimum absolute atomic E-state index is 0.397. The van der Waals surface area contributed by atoms with Gasteiger partial charge in [0.05, 0.1) is 12.1 Å². The molecule has 0 bridgehead atoms. The van der Waals surface area contributed by atoms with Crippen molar-refractivity contribution < 1.29 is 19.4 Å². The highest BCUT2D eigenvalue weighted by Gasteiger charge is 2.46. The van der Waals surface area contributed by atoms with Gasteiger partial charge in [0.25, 0.3) is 0 Å². The molecule has 2 rings (SSSR count). The number of rotatable bonds is 6. The molecule has 5 heteroatoms. The average molecular weight is 277 g/mol. The van der Waals surface area contributed by atoms with E-state index in [0.717, 1.165) is 24.2 Å². The second-order valence-corrected chi connectivity index (χ2v) is 5.09. The zero-order valence-corrected chi connectivity index (χ0v) is 11.7. The first kappa shape index (κ1) is 14.4. The van der Waals surface area contributed by atoms with Crippen LogP contribution in [0.15, 0.2) is 24.3 Å². The van der Waals surface area contributed by atoms with Crippen molar-refractivity contribution in [2.75, 3.05) is 6.61 Å². The van der Waals surface area contributed by atoms with Gasteiger partial charge < -0.3 is 15.2 Å². The van der Waals surface area contributed by atoms with E-state index in [0.29, 0.717) is 6.61 Å². The fourth-order valence-corrected chi connectivity index (χ4v) is 2.10. The first-order valence-electron chi connectivity index (χ1n) is 6.76. The van der Waals surface area contributed by atoms with Crippen LogP contribution in [0.4, 0.5) is 0 Å². The molecule has 1 amide bonds. The lowest BCUT2D eigenvalue weighted by Gasteiger charge is -2.19. The maximum Gasteiger partial charge on any atom is 0.315 e. The summed E-state index contributed by atoms with van der Waals surface area (Å²) in [5.41, 5.74) is 0.595. The monoisotopic (exact) mass is 277 g/mol. The topological polar surface area (TPSA) is 75.6 Å². The standard InChI is InChI=1S/C15H19NO4/c1-3-20-12-6-4-11(5-7-12)15(8-9-15)16-13(17)10(2)14(18)19/h4-7,10H,3,8-9H2,1-2H3,(H,16,17)(H,18,19). The predicted molar refractivity (Wildman–Crippen MR) is 73.5 cm³/mol.